The minimum absolute atomic E-state index is 0.701. The summed E-state index contributed by atoms with van der Waals surface area (Å²) in [6.45, 7) is 1.96. The van der Waals surface area contributed by atoms with Crippen LogP contribution in [0.4, 0.5) is 0 Å². The van der Waals surface area contributed by atoms with Gasteiger partial charge in [-0.3, -0.25) is 5.10 Å². The Kier molecular flexibility index (Phi) is 2.90. The van der Waals surface area contributed by atoms with E-state index in [1.165, 1.54) is 11.3 Å². The molecule has 22 heavy (non-hydrogen) atoms. The van der Waals surface area contributed by atoms with Crippen LogP contribution >= 0.6 is 11.3 Å². The highest BCUT2D eigenvalue weighted by atomic mass is 32.1. The van der Waals surface area contributed by atoms with E-state index in [9.17, 15) is 0 Å². The maximum atomic E-state index is 5.17. The molecular weight excluding hydrogens is 300 g/mol. The van der Waals surface area contributed by atoms with E-state index in [-0.39, 0.29) is 0 Å². The third-order valence-corrected chi connectivity index (χ3v) is 4.19. The van der Waals surface area contributed by atoms with E-state index in [0.29, 0.717) is 5.82 Å². The summed E-state index contributed by atoms with van der Waals surface area (Å²) in [5, 5.41) is 20.9. The summed E-state index contributed by atoms with van der Waals surface area (Å²) in [5.41, 5.74) is 2.74. The highest BCUT2D eigenvalue weighted by Crippen LogP contribution is 2.27. The lowest BCUT2D eigenvalue weighted by Crippen LogP contribution is -1.91. The number of rotatable bonds is 3. The molecule has 3 aromatic heterocycles. The zero-order valence-corrected chi connectivity index (χ0v) is 12.8. The molecule has 0 aliphatic rings. The van der Waals surface area contributed by atoms with Crippen molar-refractivity contribution in [1.29, 1.82) is 0 Å². The average molecular weight is 312 g/mol. The number of aryl methyl sites for hydroxylation is 1. The van der Waals surface area contributed by atoms with Crippen LogP contribution in [0.2, 0.25) is 0 Å². The van der Waals surface area contributed by atoms with Crippen molar-refractivity contribution in [3.63, 3.8) is 0 Å². The maximum absolute atomic E-state index is 5.17. The van der Waals surface area contributed by atoms with Crippen LogP contribution in [-0.2, 0) is 0 Å². The van der Waals surface area contributed by atoms with Gasteiger partial charge in [0.15, 0.2) is 10.8 Å². The number of H-pyrrole nitrogens is 1. The molecule has 0 radical (unpaired) electrons. The molecule has 1 aromatic carbocycles. The molecule has 7 nitrogen and oxygen atoms in total. The Bertz CT molecular complexity index is 936. The number of nitrogens with zero attached hydrogens (tertiary/aromatic N) is 5. The van der Waals surface area contributed by atoms with Gasteiger partial charge in [0.2, 0.25) is 4.96 Å². The molecule has 0 aliphatic carbocycles. The van der Waals surface area contributed by atoms with Gasteiger partial charge in [-0.1, -0.05) is 11.3 Å². The second kappa shape index (κ2) is 4.92. The monoisotopic (exact) mass is 312 g/mol. The van der Waals surface area contributed by atoms with Gasteiger partial charge in [0, 0.05) is 11.3 Å². The molecule has 0 amide bonds. The van der Waals surface area contributed by atoms with Crippen molar-refractivity contribution in [3.8, 4) is 27.8 Å². The van der Waals surface area contributed by atoms with Crippen molar-refractivity contribution in [2.45, 2.75) is 6.92 Å². The van der Waals surface area contributed by atoms with Crippen molar-refractivity contribution in [2.24, 2.45) is 0 Å². The van der Waals surface area contributed by atoms with Gasteiger partial charge in [-0.15, -0.1) is 10.2 Å². The Morgan fingerprint density at radius 3 is 2.68 bits per heavy atom. The van der Waals surface area contributed by atoms with E-state index >= 15 is 0 Å². The van der Waals surface area contributed by atoms with Gasteiger partial charge in [0.1, 0.15) is 11.4 Å². The van der Waals surface area contributed by atoms with Gasteiger partial charge in [-0.05, 0) is 37.3 Å². The quantitative estimate of drug-likeness (QED) is 0.629. The minimum Gasteiger partial charge on any atom is -0.497 e. The van der Waals surface area contributed by atoms with Crippen molar-refractivity contribution in [3.05, 3.63) is 36.0 Å². The van der Waals surface area contributed by atoms with Crippen LogP contribution in [0.25, 0.3) is 27.1 Å². The normalized spacial score (nSPS) is 11.2. The number of hydrogen-bond acceptors (Lipinski definition) is 6. The fourth-order valence-electron chi connectivity index (χ4n) is 2.17. The van der Waals surface area contributed by atoms with Crippen LogP contribution < -0.4 is 4.74 Å². The molecule has 3 heterocycles. The van der Waals surface area contributed by atoms with E-state index in [0.717, 1.165) is 32.7 Å². The number of aromatic amines is 1. The lowest BCUT2D eigenvalue weighted by atomic mass is 10.2. The fraction of sp³-hybridized carbons (Fsp3) is 0.143. The summed E-state index contributed by atoms with van der Waals surface area (Å²) in [6, 6.07) is 9.61. The molecule has 0 aliphatic heterocycles. The van der Waals surface area contributed by atoms with Crippen molar-refractivity contribution < 1.29 is 4.74 Å². The van der Waals surface area contributed by atoms with E-state index in [4.69, 9.17) is 4.74 Å². The largest absolute Gasteiger partial charge is 0.497 e. The molecule has 0 saturated carbocycles. The molecule has 0 bridgehead atoms. The number of aromatic nitrogens is 6. The molecule has 0 unspecified atom stereocenters. The maximum Gasteiger partial charge on any atom is 0.235 e. The third kappa shape index (κ3) is 2.04. The van der Waals surface area contributed by atoms with Crippen molar-refractivity contribution >= 4 is 16.3 Å². The molecular formula is C14H12N6OS. The number of methoxy groups -OCH3 is 1. The minimum atomic E-state index is 0.701. The zero-order chi connectivity index (χ0) is 15.1. The van der Waals surface area contributed by atoms with Gasteiger partial charge in [-0.25, -0.2) is 0 Å². The first-order valence-electron chi connectivity index (χ1n) is 6.63. The van der Waals surface area contributed by atoms with Crippen LogP contribution in [0.1, 0.15) is 5.69 Å². The van der Waals surface area contributed by atoms with Crippen LogP contribution in [-0.4, -0.2) is 37.1 Å². The molecule has 4 aromatic rings. The second-order valence-electron chi connectivity index (χ2n) is 4.79. The van der Waals surface area contributed by atoms with Crippen LogP contribution in [0, 0.1) is 6.92 Å². The highest BCUT2D eigenvalue weighted by molar-refractivity contribution is 7.19. The molecule has 0 saturated heterocycles. The molecule has 110 valence electrons. The first kappa shape index (κ1) is 13.0. The SMILES string of the molecule is COc1ccc(-c2nnc3sc(-c4cc(C)[nH]n4)nn23)cc1. The first-order valence-corrected chi connectivity index (χ1v) is 7.45. The zero-order valence-electron chi connectivity index (χ0n) is 11.9. The molecule has 4 rings (SSSR count). The topological polar surface area (TPSA) is 81.0 Å². The van der Waals surface area contributed by atoms with Crippen molar-refractivity contribution in [2.75, 3.05) is 7.11 Å². The molecule has 8 heteroatoms. The molecule has 0 spiro atoms. The second-order valence-corrected chi connectivity index (χ2v) is 5.75. The van der Waals surface area contributed by atoms with Crippen LogP contribution in [0.5, 0.6) is 5.75 Å². The van der Waals surface area contributed by atoms with Crippen LogP contribution in [0.3, 0.4) is 0 Å². The summed E-state index contributed by atoms with van der Waals surface area (Å²) < 4.78 is 6.91. The third-order valence-electron chi connectivity index (χ3n) is 3.26. The molecule has 0 atom stereocenters. The van der Waals surface area contributed by atoms with Crippen LogP contribution in [0.15, 0.2) is 30.3 Å². The van der Waals surface area contributed by atoms with Crippen molar-refractivity contribution in [1.82, 2.24) is 30.0 Å². The van der Waals surface area contributed by atoms with Gasteiger partial charge >= 0.3 is 0 Å². The predicted octanol–water partition coefficient (Wildman–Crippen LogP) is 2.56. The van der Waals surface area contributed by atoms with E-state index in [1.54, 1.807) is 11.6 Å². The number of ether oxygens (including phenoxy) is 1. The summed E-state index contributed by atoms with van der Waals surface area (Å²) in [5.74, 6) is 1.50. The molecule has 1 N–H and O–H groups in total. The number of benzene rings is 1. The Morgan fingerprint density at radius 2 is 2.00 bits per heavy atom. The van der Waals surface area contributed by atoms with Gasteiger partial charge in [0.25, 0.3) is 0 Å². The van der Waals surface area contributed by atoms with E-state index in [2.05, 4.69) is 25.5 Å². The fourth-order valence-corrected chi connectivity index (χ4v) is 2.97. The number of fused-ring (bicyclic) bond motifs is 1. The number of hydrogen-bond donors (Lipinski definition) is 1. The number of nitrogens with one attached hydrogen (secondary N) is 1. The van der Waals surface area contributed by atoms with Gasteiger partial charge in [0.05, 0.1) is 7.11 Å². The average Bonchev–Trinajstić information content (AvgIpc) is 3.22. The summed E-state index contributed by atoms with van der Waals surface area (Å²) in [7, 11) is 1.64. The summed E-state index contributed by atoms with van der Waals surface area (Å²) in [6.07, 6.45) is 0. The standard InChI is InChI=1S/C14H12N6OS/c1-8-7-11(16-15-8)13-19-20-12(17-18-14(20)22-13)9-3-5-10(21-2)6-4-9/h3-7H,1-2H3,(H,15,16). The van der Waals surface area contributed by atoms with E-state index < -0.39 is 0 Å². The smallest absolute Gasteiger partial charge is 0.235 e. The molecule has 0 fully saturated rings. The predicted molar refractivity (Wildman–Crippen MR) is 83.0 cm³/mol. The van der Waals surface area contributed by atoms with E-state index in [1.807, 2.05) is 37.3 Å². The Labute approximate surface area is 129 Å². The Balaban J connectivity index is 1.79. The Morgan fingerprint density at radius 1 is 1.18 bits per heavy atom. The lowest BCUT2D eigenvalue weighted by Gasteiger charge is -2.00. The highest BCUT2D eigenvalue weighted by Gasteiger charge is 2.15. The summed E-state index contributed by atoms with van der Waals surface area (Å²) in [4.78, 5) is 0.737. The van der Waals surface area contributed by atoms with Gasteiger partial charge < -0.3 is 4.74 Å². The van der Waals surface area contributed by atoms with Gasteiger partial charge in [-0.2, -0.15) is 14.7 Å². The lowest BCUT2D eigenvalue weighted by molar-refractivity contribution is 0.415. The Hall–Kier alpha value is -2.74. The summed E-state index contributed by atoms with van der Waals surface area (Å²) >= 11 is 1.46. The first-order chi connectivity index (χ1) is 10.7.